The lowest BCUT2D eigenvalue weighted by Crippen LogP contribution is -2.32. The van der Waals surface area contributed by atoms with Gasteiger partial charge in [-0.15, -0.1) is 0 Å². The van der Waals surface area contributed by atoms with Crippen molar-refractivity contribution in [2.75, 3.05) is 5.32 Å². The minimum absolute atomic E-state index is 0.105. The molecule has 0 aliphatic rings. The van der Waals surface area contributed by atoms with E-state index in [2.05, 4.69) is 10.6 Å². The molecule has 0 aliphatic carbocycles. The fourth-order valence-corrected chi connectivity index (χ4v) is 2.20. The van der Waals surface area contributed by atoms with Gasteiger partial charge < -0.3 is 15.4 Å². The maximum Gasteiger partial charge on any atom is 0.407 e. The SMILES string of the molecule is CC(C)(C)OC(=O)NCc1ccc(C(=O)Nc2ccc(F)c([N+](=O)[O-])c2)cc1. The average molecular weight is 389 g/mol. The maximum absolute atomic E-state index is 13.4. The summed E-state index contributed by atoms with van der Waals surface area (Å²) in [6.07, 6.45) is -0.549. The predicted octanol–water partition coefficient (Wildman–Crippen LogP) is 4.01. The lowest BCUT2D eigenvalue weighted by molar-refractivity contribution is -0.387. The first kappa shape index (κ1) is 20.8. The molecule has 0 atom stereocenters. The molecule has 0 heterocycles. The van der Waals surface area contributed by atoms with Crippen LogP contribution in [0.3, 0.4) is 0 Å². The van der Waals surface area contributed by atoms with Crippen molar-refractivity contribution in [3.8, 4) is 0 Å². The smallest absolute Gasteiger partial charge is 0.407 e. The number of nitro benzene ring substituents is 1. The minimum atomic E-state index is -0.982. The van der Waals surface area contributed by atoms with Gasteiger partial charge in [0, 0.05) is 23.9 Å². The standard InChI is InChI=1S/C19H20FN3O5/c1-19(2,3)28-18(25)21-11-12-4-6-13(7-5-12)17(24)22-14-8-9-15(20)16(10-14)23(26)27/h4-10H,11H2,1-3H3,(H,21,25)(H,22,24). The van der Waals surface area contributed by atoms with Gasteiger partial charge in [-0.25, -0.2) is 4.79 Å². The highest BCUT2D eigenvalue weighted by Gasteiger charge is 2.17. The summed E-state index contributed by atoms with van der Waals surface area (Å²) < 4.78 is 18.5. The number of ether oxygens (including phenoxy) is 1. The second kappa shape index (κ2) is 8.47. The van der Waals surface area contributed by atoms with Crippen molar-refractivity contribution in [2.24, 2.45) is 0 Å². The summed E-state index contributed by atoms with van der Waals surface area (Å²) in [5, 5.41) is 15.8. The van der Waals surface area contributed by atoms with E-state index < -0.39 is 34.0 Å². The molecule has 0 aromatic heterocycles. The van der Waals surface area contributed by atoms with Crippen LogP contribution in [0.25, 0.3) is 0 Å². The number of halogens is 1. The number of nitrogens with one attached hydrogen (secondary N) is 2. The topological polar surface area (TPSA) is 111 Å². The molecule has 2 amide bonds. The zero-order valence-electron chi connectivity index (χ0n) is 15.6. The number of amides is 2. The molecule has 8 nitrogen and oxygen atoms in total. The first-order chi connectivity index (χ1) is 13.0. The number of hydrogen-bond acceptors (Lipinski definition) is 5. The van der Waals surface area contributed by atoms with E-state index in [-0.39, 0.29) is 12.2 Å². The number of rotatable bonds is 5. The van der Waals surface area contributed by atoms with E-state index in [4.69, 9.17) is 4.74 Å². The van der Waals surface area contributed by atoms with Gasteiger partial charge in [-0.3, -0.25) is 14.9 Å². The van der Waals surface area contributed by atoms with Gasteiger partial charge in [-0.05, 0) is 50.6 Å². The first-order valence-corrected chi connectivity index (χ1v) is 8.36. The van der Waals surface area contributed by atoms with E-state index in [0.29, 0.717) is 5.56 Å². The van der Waals surface area contributed by atoms with Crippen LogP contribution in [0.1, 0.15) is 36.7 Å². The number of hydrogen-bond donors (Lipinski definition) is 2. The van der Waals surface area contributed by atoms with Gasteiger partial charge in [-0.1, -0.05) is 12.1 Å². The zero-order chi connectivity index (χ0) is 20.9. The molecule has 28 heavy (non-hydrogen) atoms. The Hall–Kier alpha value is -3.49. The Morgan fingerprint density at radius 3 is 2.36 bits per heavy atom. The summed E-state index contributed by atoms with van der Waals surface area (Å²) in [5.41, 5.74) is -0.162. The fourth-order valence-electron chi connectivity index (χ4n) is 2.20. The third kappa shape index (κ3) is 6.04. The zero-order valence-corrected chi connectivity index (χ0v) is 15.6. The van der Waals surface area contributed by atoms with E-state index in [1.807, 2.05) is 0 Å². The molecule has 2 rings (SSSR count). The third-order valence-corrected chi connectivity index (χ3v) is 3.45. The van der Waals surface area contributed by atoms with Crippen molar-refractivity contribution in [1.29, 1.82) is 0 Å². The Bertz CT molecular complexity index is 891. The molecule has 0 aliphatic heterocycles. The van der Waals surface area contributed by atoms with Gasteiger partial charge in [0.2, 0.25) is 5.82 Å². The fraction of sp³-hybridized carbons (Fsp3) is 0.263. The number of carbonyl (C=O) groups is 2. The molecule has 0 fully saturated rings. The lowest BCUT2D eigenvalue weighted by atomic mass is 10.1. The Labute approximate surface area is 160 Å². The number of benzene rings is 2. The molecule has 0 saturated heterocycles. The molecule has 0 radical (unpaired) electrons. The van der Waals surface area contributed by atoms with Crippen LogP contribution in [0.5, 0.6) is 0 Å². The highest BCUT2D eigenvalue weighted by molar-refractivity contribution is 6.04. The Kier molecular flexibility index (Phi) is 6.29. The Balaban J connectivity index is 1.97. The van der Waals surface area contributed by atoms with Gasteiger partial charge >= 0.3 is 11.8 Å². The summed E-state index contributed by atoms with van der Waals surface area (Å²) in [6.45, 7) is 5.50. The van der Waals surface area contributed by atoms with Gasteiger partial charge in [0.15, 0.2) is 0 Å². The maximum atomic E-state index is 13.4. The van der Waals surface area contributed by atoms with E-state index in [0.717, 1.165) is 17.7 Å². The van der Waals surface area contributed by atoms with Gasteiger partial charge in [0.1, 0.15) is 5.60 Å². The van der Waals surface area contributed by atoms with Crippen molar-refractivity contribution in [3.05, 3.63) is 69.5 Å². The number of nitro groups is 1. The molecule has 0 bridgehead atoms. The van der Waals surface area contributed by atoms with Crippen LogP contribution in [-0.4, -0.2) is 22.5 Å². The summed E-state index contributed by atoms with van der Waals surface area (Å²) in [6, 6.07) is 9.49. The van der Waals surface area contributed by atoms with Crippen molar-refractivity contribution >= 4 is 23.4 Å². The molecule has 148 valence electrons. The van der Waals surface area contributed by atoms with Gasteiger partial charge in [0.05, 0.1) is 4.92 Å². The first-order valence-electron chi connectivity index (χ1n) is 8.36. The Morgan fingerprint density at radius 2 is 1.79 bits per heavy atom. The second-order valence-electron chi connectivity index (χ2n) is 6.93. The summed E-state index contributed by atoms with van der Waals surface area (Å²) in [7, 11) is 0. The number of carbonyl (C=O) groups excluding carboxylic acids is 2. The number of anilines is 1. The van der Waals surface area contributed by atoms with Gasteiger partial charge in [0.25, 0.3) is 5.91 Å². The third-order valence-electron chi connectivity index (χ3n) is 3.45. The number of nitrogens with zero attached hydrogens (tertiary/aromatic N) is 1. The lowest BCUT2D eigenvalue weighted by Gasteiger charge is -2.19. The monoisotopic (exact) mass is 389 g/mol. The predicted molar refractivity (Wildman–Crippen MR) is 101 cm³/mol. The van der Waals surface area contributed by atoms with Gasteiger partial charge in [-0.2, -0.15) is 4.39 Å². The molecular formula is C19H20FN3O5. The van der Waals surface area contributed by atoms with E-state index in [9.17, 15) is 24.1 Å². The highest BCUT2D eigenvalue weighted by atomic mass is 19.1. The summed E-state index contributed by atoms with van der Waals surface area (Å²) in [4.78, 5) is 33.8. The molecule has 2 aromatic rings. The van der Waals surface area contributed by atoms with Crippen LogP contribution in [0.4, 0.5) is 20.6 Å². The van der Waals surface area contributed by atoms with Crippen molar-refractivity contribution in [2.45, 2.75) is 32.9 Å². The molecule has 9 heteroatoms. The van der Waals surface area contributed by atoms with Crippen LogP contribution < -0.4 is 10.6 Å². The van der Waals surface area contributed by atoms with Crippen LogP contribution in [-0.2, 0) is 11.3 Å². The second-order valence-corrected chi connectivity index (χ2v) is 6.93. The van der Waals surface area contributed by atoms with E-state index in [1.165, 1.54) is 6.07 Å². The Morgan fingerprint density at radius 1 is 1.14 bits per heavy atom. The van der Waals surface area contributed by atoms with Crippen LogP contribution >= 0.6 is 0 Å². The largest absolute Gasteiger partial charge is 0.444 e. The van der Waals surface area contributed by atoms with E-state index in [1.54, 1.807) is 45.0 Å². The van der Waals surface area contributed by atoms with Crippen molar-refractivity contribution in [1.82, 2.24) is 5.32 Å². The van der Waals surface area contributed by atoms with Crippen LogP contribution in [0, 0.1) is 15.9 Å². The molecule has 0 saturated carbocycles. The normalized spacial score (nSPS) is 10.9. The molecule has 0 spiro atoms. The highest BCUT2D eigenvalue weighted by Crippen LogP contribution is 2.22. The quantitative estimate of drug-likeness (QED) is 0.593. The molecule has 2 aromatic carbocycles. The van der Waals surface area contributed by atoms with E-state index >= 15 is 0 Å². The summed E-state index contributed by atoms with van der Waals surface area (Å²) in [5.74, 6) is -1.49. The molecular weight excluding hydrogens is 369 g/mol. The van der Waals surface area contributed by atoms with Crippen LogP contribution in [0.2, 0.25) is 0 Å². The molecule has 2 N–H and O–H groups in total. The van der Waals surface area contributed by atoms with Crippen molar-refractivity contribution < 1.29 is 23.6 Å². The van der Waals surface area contributed by atoms with Crippen LogP contribution in [0.15, 0.2) is 42.5 Å². The minimum Gasteiger partial charge on any atom is -0.444 e. The summed E-state index contributed by atoms with van der Waals surface area (Å²) >= 11 is 0. The molecule has 0 unspecified atom stereocenters. The number of alkyl carbamates (subject to hydrolysis) is 1. The average Bonchev–Trinajstić information content (AvgIpc) is 2.60. The van der Waals surface area contributed by atoms with Crippen molar-refractivity contribution in [3.63, 3.8) is 0 Å².